The molecule has 1 aromatic carbocycles. The fourth-order valence-electron chi connectivity index (χ4n) is 4.23. The van der Waals surface area contributed by atoms with Crippen LogP contribution in [-0.2, 0) is 37.0 Å². The van der Waals surface area contributed by atoms with Crippen LogP contribution < -0.4 is 0 Å². The van der Waals surface area contributed by atoms with Gasteiger partial charge in [-0.1, -0.05) is 36.4 Å². The monoisotopic (exact) mass is 842 g/mol. The first-order valence-corrected chi connectivity index (χ1v) is 45.9. The van der Waals surface area contributed by atoms with Gasteiger partial charge in [-0.05, 0) is 149 Å². The largest absolute Gasteiger partial charge is 0.645 e. The first-order valence-electron chi connectivity index (χ1n) is 17.0. The average Bonchev–Trinajstić information content (AvgIpc) is 2.69. The summed E-state index contributed by atoms with van der Waals surface area (Å²) in [5.41, 5.74) is 3.02. The zero-order valence-corrected chi connectivity index (χ0v) is 44.2. The molecule has 0 heterocycles. The van der Waals surface area contributed by atoms with Crippen LogP contribution in [0.25, 0.3) is 6.08 Å². The molecule has 0 aliphatic heterocycles. The van der Waals surface area contributed by atoms with Crippen molar-refractivity contribution in [1.29, 1.82) is 0 Å². The van der Waals surface area contributed by atoms with Gasteiger partial charge in [0, 0.05) is 0 Å². The molecule has 0 aromatic heterocycles. The van der Waals surface area contributed by atoms with Crippen LogP contribution in [0.1, 0.15) is 5.56 Å². The molecule has 1 aromatic rings. The Hall–Kier alpha value is 0.769. The summed E-state index contributed by atoms with van der Waals surface area (Å²) in [6.45, 7) is 44.8. The molecule has 1 rings (SSSR count). The lowest BCUT2D eigenvalue weighted by Gasteiger charge is -2.48. The van der Waals surface area contributed by atoms with Crippen molar-refractivity contribution in [2.75, 3.05) is 0 Å². The maximum Gasteiger partial charge on any atom is 0.645 e. The highest BCUT2D eigenvalue weighted by Gasteiger charge is 2.68. The van der Waals surface area contributed by atoms with Gasteiger partial charge in [-0.15, -0.1) is 0 Å². The van der Waals surface area contributed by atoms with E-state index >= 15 is 0 Å². The van der Waals surface area contributed by atoms with E-state index in [2.05, 4.69) is 150 Å². The molecule has 0 amide bonds. The van der Waals surface area contributed by atoms with E-state index in [-0.39, 0.29) is 0 Å². The van der Waals surface area contributed by atoms with Crippen LogP contribution in [-0.4, -0.2) is 85.1 Å². The number of rotatable bonds is 20. The molecule has 0 aliphatic rings. The molecule has 280 valence electrons. The van der Waals surface area contributed by atoms with Crippen molar-refractivity contribution < 1.29 is 37.0 Å². The fourth-order valence-corrected chi connectivity index (χ4v) is 38.0. The molecule has 0 unspecified atom stereocenters. The van der Waals surface area contributed by atoms with Gasteiger partial charge < -0.3 is 37.0 Å². The Labute approximate surface area is 305 Å². The first-order chi connectivity index (χ1) is 20.9. The smallest absolute Gasteiger partial charge is 0.414 e. The Kier molecular flexibility index (Phi) is 16.0. The van der Waals surface area contributed by atoms with E-state index in [1.54, 1.807) is 0 Å². The summed E-state index contributed by atoms with van der Waals surface area (Å²) in [4.78, 5) is 0. The number of benzene rings is 1. The van der Waals surface area contributed by atoms with Crippen LogP contribution in [0.2, 0.25) is 137 Å². The van der Waals surface area contributed by atoms with Crippen molar-refractivity contribution in [3.63, 3.8) is 0 Å². The lowest BCUT2D eigenvalue weighted by molar-refractivity contribution is 0.0533. The zero-order chi connectivity index (χ0) is 37.9. The summed E-state index contributed by atoms with van der Waals surface area (Å²) in [7, 11) is -28.7. The Balaban J connectivity index is 4.39. The molecular formula is C29H70O9Si10. The van der Waals surface area contributed by atoms with Crippen LogP contribution in [0.5, 0.6) is 0 Å². The van der Waals surface area contributed by atoms with E-state index < -0.39 is 85.1 Å². The Morgan fingerprint density at radius 1 is 0.333 bits per heavy atom. The predicted octanol–water partition coefficient (Wildman–Crippen LogP) is 10.0. The molecular weight excluding hydrogens is 773 g/mol. The van der Waals surface area contributed by atoms with Gasteiger partial charge in [-0.3, -0.25) is 0 Å². The molecule has 0 bridgehead atoms. The van der Waals surface area contributed by atoms with E-state index in [4.69, 9.17) is 37.0 Å². The second-order valence-corrected chi connectivity index (χ2v) is 59.5. The molecule has 9 nitrogen and oxygen atoms in total. The molecule has 48 heavy (non-hydrogen) atoms. The standard InChI is InChI=1S/C29H70O9Si10/c1-39(2,3)30-46(31-40(4,5)6,28-27-29-25-23-22-24-26-29)37-48(35-44(16,17)18,36-45(19,20)21)38-47(32-41(7,8)9,33-42(10,11)12)34-43(13,14)15/h22-28H,1-21H3. The normalized spacial score (nSPS) is 15.4. The van der Waals surface area contributed by atoms with Crippen molar-refractivity contribution in [3.05, 3.63) is 41.6 Å². The SMILES string of the molecule is C[Si](C)(C)O[Si](C=Cc1ccccc1)(O[Si](C)(C)C)O[Si](O[Si](C)(C)C)(O[Si](C)(C)C)O[Si](O[Si](C)(C)C)(O[Si](C)(C)C)O[Si](C)(C)C. The van der Waals surface area contributed by atoms with Crippen LogP contribution in [0.3, 0.4) is 0 Å². The second kappa shape index (κ2) is 16.4. The van der Waals surface area contributed by atoms with Gasteiger partial charge in [-0.2, -0.15) is 0 Å². The van der Waals surface area contributed by atoms with Crippen molar-refractivity contribution in [2.24, 2.45) is 0 Å². The Bertz CT molecular complexity index is 1100. The van der Waals surface area contributed by atoms with Gasteiger partial charge in [0.2, 0.25) is 0 Å². The summed E-state index contributed by atoms with van der Waals surface area (Å²) >= 11 is 0. The molecule has 0 radical (unpaired) electrons. The fraction of sp³-hybridized carbons (Fsp3) is 0.724. The van der Waals surface area contributed by atoms with Gasteiger partial charge in [0.05, 0.1) is 0 Å². The second-order valence-electron chi connectivity index (χ2n) is 19.1. The number of hydrogen-bond donors (Lipinski definition) is 0. The van der Waals surface area contributed by atoms with Crippen molar-refractivity contribution >= 4 is 91.2 Å². The van der Waals surface area contributed by atoms with E-state index in [9.17, 15) is 0 Å². The molecule has 0 aliphatic carbocycles. The van der Waals surface area contributed by atoms with Crippen LogP contribution >= 0.6 is 0 Å². The summed E-state index contributed by atoms with van der Waals surface area (Å²) in [6.07, 6.45) is 2.04. The lowest BCUT2D eigenvalue weighted by Crippen LogP contribution is -2.74. The van der Waals surface area contributed by atoms with Crippen molar-refractivity contribution in [3.8, 4) is 0 Å². The van der Waals surface area contributed by atoms with E-state index in [0.717, 1.165) is 5.56 Å². The molecule has 0 atom stereocenters. The maximum atomic E-state index is 7.51. The van der Waals surface area contributed by atoms with E-state index in [1.807, 2.05) is 30.0 Å². The minimum absolute atomic E-state index is 1.01. The highest BCUT2D eigenvalue weighted by Crippen LogP contribution is 2.37. The third-order valence-corrected chi connectivity index (χ3v) is 34.0. The molecule has 0 spiro atoms. The molecule has 0 saturated carbocycles. The Morgan fingerprint density at radius 3 is 0.875 bits per heavy atom. The predicted molar refractivity (Wildman–Crippen MR) is 226 cm³/mol. The molecule has 0 fully saturated rings. The quantitative estimate of drug-likeness (QED) is 0.119. The Morgan fingerprint density at radius 2 is 0.604 bits per heavy atom. The third kappa shape index (κ3) is 20.7. The minimum atomic E-state index is -4.29. The molecule has 19 heteroatoms. The summed E-state index contributed by atoms with van der Waals surface area (Å²) < 4.78 is 64.8. The number of hydrogen-bond acceptors (Lipinski definition) is 9. The average molecular weight is 844 g/mol. The van der Waals surface area contributed by atoms with Gasteiger partial charge >= 0.3 is 26.9 Å². The highest BCUT2D eigenvalue weighted by molar-refractivity contribution is 6.96. The third-order valence-electron chi connectivity index (χ3n) is 4.85. The minimum Gasteiger partial charge on any atom is -0.414 e. The van der Waals surface area contributed by atoms with Gasteiger partial charge in [-0.25, -0.2) is 0 Å². The lowest BCUT2D eigenvalue weighted by atomic mass is 10.2. The maximum absolute atomic E-state index is 7.51. The summed E-state index contributed by atoms with van der Waals surface area (Å²) in [6, 6.07) is 10.1. The topological polar surface area (TPSA) is 83.1 Å². The van der Waals surface area contributed by atoms with E-state index in [0.29, 0.717) is 0 Å². The molecule has 0 N–H and O–H groups in total. The first kappa shape index (κ1) is 46.8. The van der Waals surface area contributed by atoms with Crippen LogP contribution in [0.15, 0.2) is 36.0 Å². The zero-order valence-electron chi connectivity index (χ0n) is 34.2. The summed E-state index contributed by atoms with van der Waals surface area (Å²) in [5, 5.41) is 0. The van der Waals surface area contributed by atoms with Crippen LogP contribution in [0, 0.1) is 0 Å². The van der Waals surface area contributed by atoms with Crippen molar-refractivity contribution in [2.45, 2.75) is 137 Å². The van der Waals surface area contributed by atoms with Gasteiger partial charge in [0.1, 0.15) is 0 Å². The van der Waals surface area contributed by atoms with Crippen molar-refractivity contribution in [1.82, 2.24) is 0 Å². The highest BCUT2D eigenvalue weighted by atomic mass is 28.6. The molecule has 0 saturated heterocycles. The van der Waals surface area contributed by atoms with E-state index in [1.165, 1.54) is 0 Å². The van der Waals surface area contributed by atoms with Gasteiger partial charge in [0.15, 0.2) is 58.2 Å². The summed E-state index contributed by atoms with van der Waals surface area (Å²) in [5.74, 6) is 0. The van der Waals surface area contributed by atoms with Crippen LogP contribution in [0.4, 0.5) is 0 Å². The van der Waals surface area contributed by atoms with Gasteiger partial charge in [0.25, 0.3) is 0 Å².